The molecule has 10 aromatic carbocycles. The molecule has 0 saturated heterocycles. The van der Waals surface area contributed by atoms with Crippen molar-refractivity contribution in [3.8, 4) is 77.9 Å². The Bertz CT molecular complexity index is 3580. The molecule has 3 aliphatic carbocycles. The highest BCUT2D eigenvalue weighted by Crippen LogP contribution is 2.60. The van der Waals surface area contributed by atoms with Crippen LogP contribution in [0.4, 0.5) is 0 Å². The van der Waals surface area contributed by atoms with Gasteiger partial charge in [-0.3, -0.25) is 0 Å². The SMILES string of the molecule is CC(C)CCC1(CCC(C)C)c2cc(-c3ccc4c(c3)C(C)(C)c3cc5ccccc5cc3-4)c(-c3ccccc3)cc2-c2cc(-c3ccccc3)c(-c3ccc4c(c3)C(C)(C)c3cc5ccccc5cc3-4)cc21. The van der Waals surface area contributed by atoms with Crippen LogP contribution < -0.4 is 0 Å². The highest BCUT2D eigenvalue weighted by Gasteiger charge is 2.45. The van der Waals surface area contributed by atoms with E-state index in [1.807, 2.05) is 0 Å². The molecule has 358 valence electrons. The molecule has 10 aromatic rings. The van der Waals surface area contributed by atoms with Crippen LogP contribution in [0.3, 0.4) is 0 Å². The molecule has 0 unspecified atom stereocenters. The Labute approximate surface area is 433 Å². The zero-order chi connectivity index (χ0) is 50.0. The average Bonchev–Trinajstić information content (AvgIpc) is 3.89. The van der Waals surface area contributed by atoms with Gasteiger partial charge >= 0.3 is 0 Å². The van der Waals surface area contributed by atoms with Crippen molar-refractivity contribution in [1.29, 1.82) is 0 Å². The first-order valence-corrected chi connectivity index (χ1v) is 27.2. The summed E-state index contributed by atoms with van der Waals surface area (Å²) >= 11 is 0. The average molecular weight is 943 g/mol. The molecule has 0 heterocycles. The highest BCUT2D eigenvalue weighted by atomic mass is 14.5. The third kappa shape index (κ3) is 7.15. The summed E-state index contributed by atoms with van der Waals surface area (Å²) in [5, 5.41) is 5.22. The van der Waals surface area contributed by atoms with Gasteiger partial charge in [-0.05, 0) is 231 Å². The molecule has 0 saturated carbocycles. The summed E-state index contributed by atoms with van der Waals surface area (Å²) in [4.78, 5) is 0. The fourth-order valence-corrected chi connectivity index (χ4v) is 13.7. The number of hydrogen-bond acceptors (Lipinski definition) is 0. The van der Waals surface area contributed by atoms with Gasteiger partial charge in [0.1, 0.15) is 0 Å². The van der Waals surface area contributed by atoms with Gasteiger partial charge in [-0.15, -0.1) is 0 Å². The summed E-state index contributed by atoms with van der Waals surface area (Å²) in [5.74, 6) is 1.15. The molecule has 0 amide bonds. The first-order valence-electron chi connectivity index (χ1n) is 27.2. The van der Waals surface area contributed by atoms with Gasteiger partial charge in [-0.2, -0.15) is 0 Å². The van der Waals surface area contributed by atoms with Crippen LogP contribution >= 0.6 is 0 Å². The monoisotopic (exact) mass is 943 g/mol. The van der Waals surface area contributed by atoms with Gasteiger partial charge in [-0.25, -0.2) is 0 Å². The Morgan fingerprint density at radius 2 is 0.603 bits per heavy atom. The normalized spacial score (nSPS) is 15.1. The van der Waals surface area contributed by atoms with Gasteiger partial charge in [0.05, 0.1) is 0 Å². The molecule has 0 N–H and O–H groups in total. The molecule has 0 heteroatoms. The van der Waals surface area contributed by atoms with Gasteiger partial charge in [0.2, 0.25) is 0 Å². The fourth-order valence-electron chi connectivity index (χ4n) is 13.7. The van der Waals surface area contributed by atoms with Crippen LogP contribution in [0.25, 0.3) is 99.4 Å². The lowest BCUT2D eigenvalue weighted by molar-refractivity contribution is 0.364. The van der Waals surface area contributed by atoms with E-state index in [9.17, 15) is 0 Å². The topological polar surface area (TPSA) is 0 Å². The van der Waals surface area contributed by atoms with Gasteiger partial charge in [0.15, 0.2) is 0 Å². The number of hydrogen-bond donors (Lipinski definition) is 0. The second-order valence-corrected chi connectivity index (χ2v) is 23.8. The Morgan fingerprint density at radius 3 is 0.986 bits per heavy atom. The zero-order valence-electron chi connectivity index (χ0n) is 44.0. The molecule has 73 heavy (non-hydrogen) atoms. The van der Waals surface area contributed by atoms with Gasteiger partial charge in [0.25, 0.3) is 0 Å². The number of fused-ring (bicyclic) bond motifs is 11. The predicted octanol–water partition coefficient (Wildman–Crippen LogP) is 20.4. The molecule has 0 spiro atoms. The molecule has 0 aromatic heterocycles. The predicted molar refractivity (Wildman–Crippen MR) is 313 cm³/mol. The first kappa shape index (κ1) is 45.6. The molecule has 0 atom stereocenters. The second kappa shape index (κ2) is 16.9. The molecular weight excluding hydrogens is 877 g/mol. The molecule has 0 bridgehead atoms. The summed E-state index contributed by atoms with van der Waals surface area (Å²) in [5.41, 5.74) is 26.8. The maximum absolute atomic E-state index is 2.68. The van der Waals surface area contributed by atoms with Crippen molar-refractivity contribution in [1.82, 2.24) is 0 Å². The second-order valence-electron chi connectivity index (χ2n) is 23.8. The molecule has 13 rings (SSSR count). The van der Waals surface area contributed by atoms with Crippen molar-refractivity contribution in [2.75, 3.05) is 0 Å². The van der Waals surface area contributed by atoms with Gasteiger partial charge < -0.3 is 0 Å². The lowest BCUT2D eigenvalue weighted by atomic mass is 9.68. The molecule has 0 radical (unpaired) electrons. The minimum atomic E-state index is -0.175. The third-order valence-corrected chi connectivity index (χ3v) is 17.8. The Morgan fingerprint density at radius 1 is 0.274 bits per heavy atom. The van der Waals surface area contributed by atoms with Gasteiger partial charge in [0, 0.05) is 16.2 Å². The fraction of sp³-hybridized carbons (Fsp3) is 0.233. The standard InChI is InChI=1S/C73H66/c1-45(2)31-33-73(34-32-46(3)4)69-43-59(53-27-29-55-61-35-49-23-15-17-25-51(49)37-67(61)71(5,6)65(55)39-53)57(47-19-11-9-12-20-47)41-63(69)64-42-58(48-21-13-10-14-22-48)60(44-70(64)73)54-28-30-56-62-36-50-24-16-18-26-52(50)38-68(62)72(7,8)66(56)40-54/h9-30,35-46H,31-34H2,1-8H3. The largest absolute Gasteiger partial charge is 0.0628 e. The highest BCUT2D eigenvalue weighted by molar-refractivity contribution is 6.00. The van der Waals surface area contributed by atoms with Crippen molar-refractivity contribution >= 4 is 21.5 Å². The minimum absolute atomic E-state index is 0.142. The summed E-state index contributed by atoms with van der Waals surface area (Å²) in [6.07, 6.45) is 4.52. The molecule has 0 fully saturated rings. The van der Waals surface area contributed by atoms with E-state index in [-0.39, 0.29) is 16.2 Å². The summed E-state index contributed by atoms with van der Waals surface area (Å²) in [6, 6.07) is 75.3. The van der Waals surface area contributed by atoms with E-state index in [1.165, 1.54) is 133 Å². The summed E-state index contributed by atoms with van der Waals surface area (Å²) in [7, 11) is 0. The summed E-state index contributed by atoms with van der Waals surface area (Å²) < 4.78 is 0. The molecule has 0 aliphatic heterocycles. The number of benzene rings is 10. The van der Waals surface area contributed by atoms with Crippen molar-refractivity contribution in [3.05, 3.63) is 228 Å². The molecular formula is C73H66. The smallest absolute Gasteiger partial charge is 0.0215 e. The van der Waals surface area contributed by atoms with Crippen LogP contribution in [0.5, 0.6) is 0 Å². The van der Waals surface area contributed by atoms with E-state index in [1.54, 1.807) is 0 Å². The van der Waals surface area contributed by atoms with E-state index >= 15 is 0 Å². The van der Waals surface area contributed by atoms with E-state index in [0.29, 0.717) is 11.8 Å². The molecule has 3 aliphatic rings. The van der Waals surface area contributed by atoms with Crippen molar-refractivity contribution < 1.29 is 0 Å². The quantitative estimate of drug-likeness (QED) is 0.128. The minimum Gasteiger partial charge on any atom is -0.0628 e. The maximum atomic E-state index is 2.68. The zero-order valence-corrected chi connectivity index (χ0v) is 44.0. The van der Waals surface area contributed by atoms with Crippen LogP contribution in [0.2, 0.25) is 0 Å². The van der Waals surface area contributed by atoms with Crippen LogP contribution in [0.1, 0.15) is 114 Å². The van der Waals surface area contributed by atoms with Crippen molar-refractivity contribution in [3.63, 3.8) is 0 Å². The number of rotatable bonds is 10. The van der Waals surface area contributed by atoms with Gasteiger partial charge in [-0.1, -0.05) is 189 Å². The first-order chi connectivity index (χ1) is 35.3. The van der Waals surface area contributed by atoms with E-state index in [0.717, 1.165) is 25.7 Å². The van der Waals surface area contributed by atoms with E-state index in [2.05, 4.69) is 250 Å². The summed E-state index contributed by atoms with van der Waals surface area (Å²) in [6.45, 7) is 19.4. The third-order valence-electron chi connectivity index (χ3n) is 17.8. The van der Waals surface area contributed by atoms with Crippen LogP contribution in [-0.2, 0) is 16.2 Å². The van der Waals surface area contributed by atoms with Crippen LogP contribution in [-0.4, -0.2) is 0 Å². The lowest BCUT2D eigenvalue weighted by Crippen LogP contribution is -2.27. The maximum Gasteiger partial charge on any atom is 0.0215 e. The lowest BCUT2D eigenvalue weighted by Gasteiger charge is -2.35. The van der Waals surface area contributed by atoms with Crippen molar-refractivity contribution in [2.45, 2.75) is 97.3 Å². The Balaban J connectivity index is 1.05. The molecule has 0 nitrogen and oxygen atoms in total. The van der Waals surface area contributed by atoms with Crippen molar-refractivity contribution in [2.24, 2.45) is 11.8 Å². The Kier molecular flexibility index (Phi) is 10.5. The van der Waals surface area contributed by atoms with Crippen LogP contribution in [0.15, 0.2) is 194 Å². The Hall–Kier alpha value is -7.28. The van der Waals surface area contributed by atoms with E-state index < -0.39 is 0 Å². The van der Waals surface area contributed by atoms with Crippen LogP contribution in [0, 0.1) is 11.8 Å². The van der Waals surface area contributed by atoms with E-state index in [4.69, 9.17) is 0 Å².